The second-order valence-corrected chi connectivity index (χ2v) is 4.76. The van der Waals surface area contributed by atoms with Gasteiger partial charge in [0.05, 0.1) is 0 Å². The molecule has 0 unspecified atom stereocenters. The van der Waals surface area contributed by atoms with Gasteiger partial charge in [-0.2, -0.15) is 0 Å². The molecule has 0 bridgehead atoms. The number of aromatic nitrogens is 3. The van der Waals surface area contributed by atoms with Crippen molar-refractivity contribution in [1.29, 1.82) is 0 Å². The molecule has 0 fully saturated rings. The molecule has 3 rings (SSSR count). The second-order valence-electron chi connectivity index (χ2n) is 4.76. The smallest absolute Gasteiger partial charge is 0.250 e. The molecule has 0 aliphatic carbocycles. The Kier molecular flexibility index (Phi) is 3.82. The minimum Gasteiger partial charge on any atom is -0.342 e. The SMILES string of the molecule is O=C(Nc1ncc[nH]1)[C@@H](Cc1ccccc1)n1cccc1. The molecule has 3 aromatic rings. The van der Waals surface area contributed by atoms with Crippen LogP contribution in [0.1, 0.15) is 11.6 Å². The second kappa shape index (κ2) is 6.09. The Bertz CT molecular complexity index is 674. The third-order valence-electron chi connectivity index (χ3n) is 3.30. The van der Waals surface area contributed by atoms with Crippen LogP contribution in [-0.2, 0) is 11.2 Å². The number of rotatable bonds is 5. The largest absolute Gasteiger partial charge is 0.342 e. The number of amides is 1. The van der Waals surface area contributed by atoms with Crippen molar-refractivity contribution in [3.63, 3.8) is 0 Å². The fourth-order valence-corrected chi connectivity index (χ4v) is 2.26. The van der Waals surface area contributed by atoms with E-state index in [9.17, 15) is 4.79 Å². The van der Waals surface area contributed by atoms with Crippen LogP contribution in [0, 0.1) is 0 Å². The quantitative estimate of drug-likeness (QED) is 0.754. The zero-order valence-corrected chi connectivity index (χ0v) is 11.4. The van der Waals surface area contributed by atoms with E-state index in [1.54, 1.807) is 12.4 Å². The first-order valence-electron chi connectivity index (χ1n) is 6.79. The van der Waals surface area contributed by atoms with Crippen LogP contribution < -0.4 is 5.32 Å². The fourth-order valence-electron chi connectivity index (χ4n) is 2.26. The molecule has 0 radical (unpaired) electrons. The number of H-pyrrole nitrogens is 1. The standard InChI is InChI=1S/C16H16N4O/c21-15(19-16-17-8-9-18-16)14(20-10-4-5-11-20)12-13-6-2-1-3-7-13/h1-11,14H,12H2,(H2,17,18,19,21)/t14-/m1/s1. The van der Waals surface area contributed by atoms with Crippen molar-refractivity contribution in [3.05, 3.63) is 72.8 Å². The maximum absolute atomic E-state index is 12.5. The van der Waals surface area contributed by atoms with Crippen molar-refractivity contribution in [2.24, 2.45) is 0 Å². The Labute approximate surface area is 122 Å². The van der Waals surface area contributed by atoms with Gasteiger partial charge in [-0.15, -0.1) is 0 Å². The summed E-state index contributed by atoms with van der Waals surface area (Å²) in [6.45, 7) is 0. The van der Waals surface area contributed by atoms with E-state index in [1.807, 2.05) is 59.4 Å². The average molecular weight is 280 g/mol. The number of hydrogen-bond donors (Lipinski definition) is 2. The van der Waals surface area contributed by atoms with Crippen LogP contribution in [0.5, 0.6) is 0 Å². The maximum Gasteiger partial charge on any atom is 0.250 e. The molecule has 1 aromatic carbocycles. The zero-order chi connectivity index (χ0) is 14.5. The summed E-state index contributed by atoms with van der Waals surface area (Å²) in [5.74, 6) is 0.371. The summed E-state index contributed by atoms with van der Waals surface area (Å²) in [7, 11) is 0. The molecule has 21 heavy (non-hydrogen) atoms. The Balaban J connectivity index is 1.81. The number of nitrogens with zero attached hydrogens (tertiary/aromatic N) is 2. The molecule has 0 saturated carbocycles. The molecule has 5 nitrogen and oxygen atoms in total. The normalized spacial score (nSPS) is 12.0. The van der Waals surface area contributed by atoms with Crippen LogP contribution in [0.25, 0.3) is 0 Å². The Hall–Kier alpha value is -2.82. The van der Waals surface area contributed by atoms with E-state index in [4.69, 9.17) is 0 Å². The van der Waals surface area contributed by atoms with E-state index < -0.39 is 0 Å². The minimum absolute atomic E-state index is 0.0926. The van der Waals surface area contributed by atoms with Crippen molar-refractivity contribution < 1.29 is 4.79 Å². The van der Waals surface area contributed by atoms with Crippen molar-refractivity contribution in [2.75, 3.05) is 5.32 Å². The van der Waals surface area contributed by atoms with Crippen molar-refractivity contribution in [3.8, 4) is 0 Å². The van der Waals surface area contributed by atoms with Gasteiger partial charge in [0.15, 0.2) is 0 Å². The van der Waals surface area contributed by atoms with Gasteiger partial charge in [0.2, 0.25) is 11.9 Å². The molecule has 2 aromatic heterocycles. The zero-order valence-electron chi connectivity index (χ0n) is 11.4. The fraction of sp³-hybridized carbons (Fsp3) is 0.125. The third-order valence-corrected chi connectivity index (χ3v) is 3.30. The summed E-state index contributed by atoms with van der Waals surface area (Å²) in [4.78, 5) is 19.4. The molecule has 0 aliphatic heterocycles. The van der Waals surface area contributed by atoms with Crippen LogP contribution in [0.15, 0.2) is 67.3 Å². The summed E-state index contributed by atoms with van der Waals surface area (Å²) >= 11 is 0. The van der Waals surface area contributed by atoms with E-state index in [0.29, 0.717) is 12.4 Å². The highest BCUT2D eigenvalue weighted by molar-refractivity contribution is 5.92. The first kappa shape index (κ1) is 13.2. The number of nitrogens with one attached hydrogen (secondary N) is 2. The summed E-state index contributed by atoms with van der Waals surface area (Å²) in [5.41, 5.74) is 1.12. The maximum atomic E-state index is 12.5. The lowest BCUT2D eigenvalue weighted by Gasteiger charge is -2.18. The first-order chi connectivity index (χ1) is 10.3. The predicted octanol–water partition coefficient (Wildman–Crippen LogP) is 2.63. The molecule has 5 heteroatoms. The third kappa shape index (κ3) is 3.20. The van der Waals surface area contributed by atoms with Gasteiger partial charge in [-0.1, -0.05) is 30.3 Å². The van der Waals surface area contributed by atoms with Crippen LogP contribution in [0.4, 0.5) is 5.95 Å². The van der Waals surface area contributed by atoms with E-state index in [0.717, 1.165) is 5.56 Å². The van der Waals surface area contributed by atoms with Crippen molar-refractivity contribution >= 4 is 11.9 Å². The van der Waals surface area contributed by atoms with E-state index in [1.165, 1.54) is 0 Å². The van der Waals surface area contributed by atoms with Gasteiger partial charge in [0, 0.05) is 31.2 Å². The van der Waals surface area contributed by atoms with Gasteiger partial charge in [-0.25, -0.2) is 4.98 Å². The van der Waals surface area contributed by atoms with Gasteiger partial charge in [0.25, 0.3) is 0 Å². The van der Waals surface area contributed by atoms with E-state index in [-0.39, 0.29) is 11.9 Å². The van der Waals surface area contributed by atoms with Gasteiger partial charge < -0.3 is 9.55 Å². The van der Waals surface area contributed by atoms with Crippen LogP contribution in [-0.4, -0.2) is 20.4 Å². The first-order valence-corrected chi connectivity index (χ1v) is 6.79. The summed E-state index contributed by atoms with van der Waals surface area (Å²) in [5, 5.41) is 2.80. The average Bonchev–Trinajstić information content (AvgIpc) is 3.19. The van der Waals surface area contributed by atoms with E-state index in [2.05, 4.69) is 15.3 Å². The molecular weight excluding hydrogens is 264 g/mol. The molecular formula is C16H16N4O. The van der Waals surface area contributed by atoms with Crippen molar-refractivity contribution in [1.82, 2.24) is 14.5 Å². The summed E-state index contributed by atoms with van der Waals surface area (Å²) in [6, 6.07) is 13.5. The molecule has 2 N–H and O–H groups in total. The van der Waals surface area contributed by atoms with E-state index >= 15 is 0 Å². The minimum atomic E-state index is -0.313. The monoisotopic (exact) mass is 280 g/mol. The highest BCUT2D eigenvalue weighted by atomic mass is 16.2. The Morgan fingerprint density at radius 1 is 1.19 bits per heavy atom. The van der Waals surface area contributed by atoms with Crippen molar-refractivity contribution in [2.45, 2.75) is 12.5 Å². The highest BCUT2D eigenvalue weighted by Gasteiger charge is 2.20. The molecule has 1 amide bonds. The lowest BCUT2D eigenvalue weighted by atomic mass is 10.1. The van der Waals surface area contributed by atoms with Crippen LogP contribution >= 0.6 is 0 Å². The van der Waals surface area contributed by atoms with Crippen LogP contribution in [0.3, 0.4) is 0 Å². The van der Waals surface area contributed by atoms with Gasteiger partial charge in [-0.05, 0) is 17.7 Å². The number of carbonyl (C=O) groups excluding carboxylic acids is 1. The topological polar surface area (TPSA) is 62.7 Å². The molecule has 106 valence electrons. The van der Waals surface area contributed by atoms with Crippen LogP contribution in [0.2, 0.25) is 0 Å². The molecule has 1 atom stereocenters. The van der Waals surface area contributed by atoms with Gasteiger partial charge >= 0.3 is 0 Å². The molecule has 0 spiro atoms. The molecule has 0 aliphatic rings. The lowest BCUT2D eigenvalue weighted by molar-refractivity contribution is -0.119. The lowest BCUT2D eigenvalue weighted by Crippen LogP contribution is -2.27. The van der Waals surface area contributed by atoms with Gasteiger partial charge in [0.1, 0.15) is 6.04 Å². The number of hydrogen-bond acceptors (Lipinski definition) is 2. The number of anilines is 1. The molecule has 0 saturated heterocycles. The Morgan fingerprint density at radius 2 is 1.95 bits per heavy atom. The molecule has 2 heterocycles. The number of aromatic amines is 1. The highest BCUT2D eigenvalue weighted by Crippen LogP contribution is 2.16. The van der Waals surface area contributed by atoms with Gasteiger partial charge in [-0.3, -0.25) is 10.1 Å². The predicted molar refractivity (Wildman–Crippen MR) is 80.8 cm³/mol. The number of imidazole rings is 1. The summed E-state index contributed by atoms with van der Waals surface area (Å²) < 4.78 is 1.91. The Morgan fingerprint density at radius 3 is 2.62 bits per heavy atom. The summed E-state index contributed by atoms with van der Waals surface area (Å²) in [6.07, 6.45) is 7.71. The number of carbonyl (C=O) groups is 1. The number of benzene rings is 1.